The van der Waals surface area contributed by atoms with E-state index in [2.05, 4.69) is 0 Å². The van der Waals surface area contributed by atoms with Crippen LogP contribution in [0.15, 0.2) is 30.3 Å². The molecule has 0 saturated heterocycles. The Morgan fingerprint density at radius 1 is 1.24 bits per heavy atom. The van der Waals surface area contributed by atoms with Crippen molar-refractivity contribution in [1.29, 1.82) is 5.41 Å². The maximum absolute atomic E-state index is 12.4. The van der Waals surface area contributed by atoms with E-state index in [-0.39, 0.29) is 18.0 Å². The fourth-order valence-corrected chi connectivity index (χ4v) is 1.07. The molecule has 0 unspecified atom stereocenters. The van der Waals surface area contributed by atoms with E-state index in [1.165, 1.54) is 24.3 Å². The van der Waals surface area contributed by atoms with E-state index in [1.807, 2.05) is 0 Å². The molecule has 17 heavy (non-hydrogen) atoms. The normalized spacial score (nSPS) is 10.3. The Labute approximate surface area is 101 Å². The topological polar surface area (TPSA) is 70.2 Å². The van der Waals surface area contributed by atoms with Crippen LogP contribution in [0.2, 0.25) is 0 Å². The third-order valence-corrected chi connectivity index (χ3v) is 1.72. The van der Waals surface area contributed by atoms with Gasteiger partial charge in [0.15, 0.2) is 0 Å². The van der Waals surface area contributed by atoms with Gasteiger partial charge in [-0.1, -0.05) is 18.2 Å². The first kappa shape index (κ1) is 15.2. The predicted octanol–water partition coefficient (Wildman–Crippen LogP) is 1.96. The van der Waals surface area contributed by atoms with Crippen molar-refractivity contribution in [3.05, 3.63) is 35.9 Å². The summed E-state index contributed by atoms with van der Waals surface area (Å²) in [7, 11) is 0. The molecule has 0 saturated carbocycles. The lowest BCUT2D eigenvalue weighted by Crippen LogP contribution is -2.50. The molecule has 1 amide bonds. The van der Waals surface area contributed by atoms with Crippen LogP contribution in [0.5, 0.6) is 0 Å². The number of carbonyl (C=O) groups excluding carboxylic acids is 1. The molecule has 1 aromatic rings. The van der Waals surface area contributed by atoms with E-state index in [0.29, 0.717) is 0 Å². The van der Waals surface area contributed by atoms with Gasteiger partial charge in [-0.15, -0.1) is 25.6 Å². The first-order valence-electron chi connectivity index (χ1n) is 4.14. The van der Waals surface area contributed by atoms with Gasteiger partial charge < -0.3 is 5.73 Å². The van der Waals surface area contributed by atoms with Gasteiger partial charge in [-0.25, -0.2) is 0 Å². The van der Waals surface area contributed by atoms with Crippen LogP contribution in [-0.2, 0) is 0 Å². The van der Waals surface area contributed by atoms with E-state index in [4.69, 9.17) is 11.1 Å². The number of guanidine groups is 1. The molecule has 94 valence electrons. The molecular formula is C9H9ClF3N3O. The molecule has 0 atom stereocenters. The van der Waals surface area contributed by atoms with Crippen LogP contribution in [0.3, 0.4) is 0 Å². The highest BCUT2D eigenvalue weighted by Gasteiger charge is 2.43. The lowest BCUT2D eigenvalue weighted by molar-refractivity contribution is -0.200. The third-order valence-electron chi connectivity index (χ3n) is 1.72. The third kappa shape index (κ3) is 3.63. The minimum absolute atomic E-state index is 0. The Balaban J connectivity index is 0.00000256. The van der Waals surface area contributed by atoms with E-state index >= 15 is 0 Å². The molecule has 0 aromatic heterocycles. The summed E-state index contributed by atoms with van der Waals surface area (Å²) < 4.78 is 37.2. The largest absolute Gasteiger partial charge is 0.494 e. The molecule has 1 aromatic carbocycles. The summed E-state index contributed by atoms with van der Waals surface area (Å²) in [4.78, 5) is 10.7. The molecule has 0 spiro atoms. The second-order valence-electron chi connectivity index (χ2n) is 2.86. The van der Waals surface area contributed by atoms with Crippen LogP contribution < -0.4 is 5.73 Å². The highest BCUT2D eigenvalue weighted by atomic mass is 35.5. The zero-order chi connectivity index (χ0) is 12.3. The van der Waals surface area contributed by atoms with E-state index in [0.717, 1.165) is 0 Å². The summed E-state index contributed by atoms with van der Waals surface area (Å²) in [6.45, 7) is 0. The number of amides is 1. The number of nitrogens with two attached hydrogens (primary N) is 1. The van der Waals surface area contributed by atoms with Gasteiger partial charge in [0.1, 0.15) is 0 Å². The number of carbonyl (C=O) groups is 1. The molecule has 3 N–H and O–H groups in total. The Morgan fingerprint density at radius 2 is 1.71 bits per heavy atom. The standard InChI is InChI=1S/C9H8F3N3O.ClH/c10-9(11,12)15(8(13)14)7(16)6-4-2-1-3-5-6;/h1-5H,(H3,13,14);1H. The van der Waals surface area contributed by atoms with Crippen LogP contribution in [0.4, 0.5) is 13.2 Å². The molecule has 0 bridgehead atoms. The Hall–Kier alpha value is -1.76. The number of alkyl halides is 3. The molecule has 1 rings (SSSR count). The quantitative estimate of drug-likeness (QED) is 0.464. The summed E-state index contributed by atoms with van der Waals surface area (Å²) >= 11 is 0. The number of rotatable bonds is 1. The van der Waals surface area contributed by atoms with E-state index in [9.17, 15) is 18.0 Å². The van der Waals surface area contributed by atoms with Gasteiger partial charge in [0.2, 0.25) is 5.96 Å². The summed E-state index contributed by atoms with van der Waals surface area (Å²) in [6, 6.07) is 6.82. The SMILES string of the molecule is Cl.N=C(N)N(C(=O)c1ccccc1)C(F)(F)F. The molecule has 0 heterocycles. The molecule has 0 aliphatic rings. The minimum Gasteiger partial charge on any atom is -0.369 e. The summed E-state index contributed by atoms with van der Waals surface area (Å²) in [5.74, 6) is -2.73. The number of halogens is 4. The zero-order valence-corrected chi connectivity index (χ0v) is 9.18. The minimum atomic E-state index is -5.00. The average molecular weight is 268 g/mol. The second-order valence-corrected chi connectivity index (χ2v) is 2.86. The predicted molar refractivity (Wildman–Crippen MR) is 57.8 cm³/mol. The van der Waals surface area contributed by atoms with Gasteiger partial charge in [-0.2, -0.15) is 4.90 Å². The maximum Gasteiger partial charge on any atom is 0.494 e. The van der Waals surface area contributed by atoms with Crippen molar-refractivity contribution in [1.82, 2.24) is 4.90 Å². The Kier molecular flexibility index (Phi) is 4.96. The van der Waals surface area contributed by atoms with Crippen LogP contribution in [0.25, 0.3) is 0 Å². The Morgan fingerprint density at radius 3 is 2.06 bits per heavy atom. The molecule has 4 nitrogen and oxygen atoms in total. The van der Waals surface area contributed by atoms with Crippen molar-refractivity contribution in [2.45, 2.75) is 6.30 Å². The maximum atomic E-state index is 12.4. The summed E-state index contributed by atoms with van der Waals surface area (Å²) in [6.07, 6.45) is -5.00. The van der Waals surface area contributed by atoms with Crippen LogP contribution in [-0.4, -0.2) is 23.1 Å². The van der Waals surface area contributed by atoms with E-state index in [1.54, 1.807) is 6.07 Å². The number of nitrogens with one attached hydrogen (secondary N) is 1. The van der Waals surface area contributed by atoms with E-state index < -0.39 is 23.1 Å². The summed E-state index contributed by atoms with van der Waals surface area (Å²) in [5, 5.41) is 6.75. The van der Waals surface area contributed by atoms with Crippen molar-refractivity contribution in [3.8, 4) is 0 Å². The first-order valence-corrected chi connectivity index (χ1v) is 4.14. The molecule has 0 aliphatic carbocycles. The number of hydrogen-bond donors (Lipinski definition) is 2. The van der Waals surface area contributed by atoms with Crippen molar-refractivity contribution in [2.24, 2.45) is 5.73 Å². The summed E-state index contributed by atoms with van der Waals surface area (Å²) in [5.41, 5.74) is 4.54. The molecule has 0 aliphatic heterocycles. The smallest absolute Gasteiger partial charge is 0.369 e. The molecule has 0 radical (unpaired) electrons. The second kappa shape index (κ2) is 5.53. The van der Waals surface area contributed by atoms with Crippen molar-refractivity contribution >= 4 is 24.3 Å². The number of hydrogen-bond acceptors (Lipinski definition) is 2. The van der Waals surface area contributed by atoms with Crippen LogP contribution in [0.1, 0.15) is 10.4 Å². The average Bonchev–Trinajstić information content (AvgIpc) is 2.16. The van der Waals surface area contributed by atoms with Crippen molar-refractivity contribution < 1.29 is 18.0 Å². The molecule has 8 heteroatoms. The van der Waals surface area contributed by atoms with Gasteiger partial charge in [-0.3, -0.25) is 10.2 Å². The fraction of sp³-hybridized carbons (Fsp3) is 0.111. The fourth-order valence-electron chi connectivity index (χ4n) is 1.07. The number of benzene rings is 1. The van der Waals surface area contributed by atoms with Gasteiger partial charge >= 0.3 is 6.30 Å². The lowest BCUT2D eigenvalue weighted by atomic mass is 10.2. The Bertz CT molecular complexity index is 408. The van der Waals surface area contributed by atoms with Gasteiger partial charge in [0.05, 0.1) is 0 Å². The van der Waals surface area contributed by atoms with Gasteiger partial charge in [-0.05, 0) is 12.1 Å². The lowest BCUT2D eigenvalue weighted by Gasteiger charge is -2.22. The van der Waals surface area contributed by atoms with Gasteiger partial charge in [0, 0.05) is 5.56 Å². The van der Waals surface area contributed by atoms with Crippen molar-refractivity contribution in [2.75, 3.05) is 0 Å². The molecule has 0 fully saturated rings. The highest BCUT2D eigenvalue weighted by molar-refractivity contribution is 6.04. The highest BCUT2D eigenvalue weighted by Crippen LogP contribution is 2.22. The number of nitrogens with zero attached hydrogens (tertiary/aromatic N) is 1. The van der Waals surface area contributed by atoms with Crippen molar-refractivity contribution in [3.63, 3.8) is 0 Å². The van der Waals surface area contributed by atoms with Gasteiger partial charge in [0.25, 0.3) is 5.91 Å². The van der Waals surface area contributed by atoms with Crippen LogP contribution in [0, 0.1) is 5.41 Å². The monoisotopic (exact) mass is 267 g/mol. The zero-order valence-electron chi connectivity index (χ0n) is 8.36. The van der Waals surface area contributed by atoms with Crippen LogP contribution >= 0.6 is 12.4 Å². The first-order chi connectivity index (χ1) is 7.34. The molecular weight excluding hydrogens is 259 g/mol.